The molecule has 1 unspecified atom stereocenters. The van der Waals surface area contributed by atoms with Gasteiger partial charge in [0.2, 0.25) is 0 Å². The molecule has 2 rings (SSSR count). The first kappa shape index (κ1) is 11.8. The van der Waals surface area contributed by atoms with Gasteiger partial charge in [-0.15, -0.1) is 0 Å². The van der Waals surface area contributed by atoms with Gasteiger partial charge in [0.1, 0.15) is 5.75 Å². The number of nitrogens with zero attached hydrogens (tertiary/aromatic N) is 1. The van der Waals surface area contributed by atoms with Gasteiger partial charge in [0.15, 0.2) is 0 Å². The Bertz CT molecular complexity index is 533. The van der Waals surface area contributed by atoms with Crippen LogP contribution >= 0.6 is 0 Å². The third-order valence-corrected chi connectivity index (χ3v) is 2.77. The Balaban J connectivity index is 2.61. The van der Waals surface area contributed by atoms with Gasteiger partial charge in [-0.25, -0.2) is 0 Å². The zero-order valence-corrected chi connectivity index (χ0v) is 9.30. The SMILES string of the molecule is COc1c(C(C)C(F)(F)F)ccc2[nH]ncc12. The maximum atomic E-state index is 12.7. The highest BCUT2D eigenvalue weighted by molar-refractivity contribution is 5.86. The van der Waals surface area contributed by atoms with E-state index in [0.29, 0.717) is 10.9 Å². The lowest BCUT2D eigenvalue weighted by Gasteiger charge is -2.18. The number of rotatable bonds is 2. The Kier molecular flexibility index (Phi) is 2.73. The van der Waals surface area contributed by atoms with E-state index in [2.05, 4.69) is 10.2 Å². The standard InChI is InChI=1S/C11H11F3N2O/c1-6(11(12,13)14)7-3-4-9-8(5-15-16-9)10(7)17-2/h3-6H,1-2H3,(H,15,16). The lowest BCUT2D eigenvalue weighted by molar-refractivity contribution is -0.146. The fourth-order valence-electron chi connectivity index (χ4n) is 1.75. The molecule has 0 aliphatic rings. The molecule has 1 aromatic heterocycles. The average molecular weight is 244 g/mol. The molecule has 0 amide bonds. The van der Waals surface area contributed by atoms with Crippen molar-refractivity contribution in [1.82, 2.24) is 10.2 Å². The second kappa shape index (κ2) is 3.94. The number of aromatic amines is 1. The molecule has 0 aliphatic heterocycles. The van der Waals surface area contributed by atoms with Crippen molar-refractivity contribution >= 4 is 10.9 Å². The zero-order chi connectivity index (χ0) is 12.6. The van der Waals surface area contributed by atoms with Crippen molar-refractivity contribution in [2.24, 2.45) is 0 Å². The molecule has 2 aromatic rings. The van der Waals surface area contributed by atoms with Crippen LogP contribution in [-0.4, -0.2) is 23.5 Å². The number of aromatic nitrogens is 2. The van der Waals surface area contributed by atoms with Gasteiger partial charge in [-0.2, -0.15) is 18.3 Å². The largest absolute Gasteiger partial charge is 0.496 e. The van der Waals surface area contributed by atoms with E-state index < -0.39 is 12.1 Å². The fourth-order valence-corrected chi connectivity index (χ4v) is 1.75. The van der Waals surface area contributed by atoms with Gasteiger partial charge in [-0.3, -0.25) is 5.10 Å². The summed E-state index contributed by atoms with van der Waals surface area (Å²) in [5, 5.41) is 7.03. The van der Waals surface area contributed by atoms with Crippen molar-refractivity contribution in [2.45, 2.75) is 19.0 Å². The smallest absolute Gasteiger partial charge is 0.395 e. The second-order valence-electron chi connectivity index (χ2n) is 3.78. The Morgan fingerprint density at radius 2 is 2.06 bits per heavy atom. The summed E-state index contributed by atoms with van der Waals surface area (Å²) in [4.78, 5) is 0. The molecule has 0 aliphatic carbocycles. The fraction of sp³-hybridized carbons (Fsp3) is 0.364. The number of fused-ring (bicyclic) bond motifs is 1. The number of ether oxygens (including phenoxy) is 1. The van der Waals surface area contributed by atoms with Crippen molar-refractivity contribution in [3.63, 3.8) is 0 Å². The summed E-state index contributed by atoms with van der Waals surface area (Å²) in [7, 11) is 1.36. The number of hydrogen-bond acceptors (Lipinski definition) is 2. The Hall–Kier alpha value is -1.72. The number of nitrogens with one attached hydrogen (secondary N) is 1. The van der Waals surface area contributed by atoms with Crippen molar-refractivity contribution in [2.75, 3.05) is 7.11 Å². The lowest BCUT2D eigenvalue weighted by atomic mass is 9.98. The topological polar surface area (TPSA) is 37.9 Å². The minimum atomic E-state index is -4.29. The van der Waals surface area contributed by atoms with Gasteiger partial charge in [0.05, 0.1) is 30.1 Å². The predicted molar refractivity (Wildman–Crippen MR) is 57.1 cm³/mol. The lowest BCUT2D eigenvalue weighted by Crippen LogP contribution is -2.18. The van der Waals surface area contributed by atoms with Crippen LogP contribution in [-0.2, 0) is 0 Å². The number of hydrogen-bond donors (Lipinski definition) is 1. The zero-order valence-electron chi connectivity index (χ0n) is 9.30. The summed E-state index contributed by atoms with van der Waals surface area (Å²) in [6.07, 6.45) is -2.83. The van der Waals surface area contributed by atoms with Crippen LogP contribution in [0.1, 0.15) is 18.4 Å². The van der Waals surface area contributed by atoms with E-state index in [9.17, 15) is 13.2 Å². The predicted octanol–water partition coefficient (Wildman–Crippen LogP) is 3.24. The molecule has 0 saturated heterocycles. The number of alkyl halides is 3. The third-order valence-electron chi connectivity index (χ3n) is 2.77. The van der Waals surface area contributed by atoms with Gasteiger partial charge in [0.25, 0.3) is 0 Å². The monoisotopic (exact) mass is 244 g/mol. The first-order valence-electron chi connectivity index (χ1n) is 5.02. The molecular formula is C11H11F3N2O. The van der Waals surface area contributed by atoms with E-state index in [1.54, 1.807) is 6.07 Å². The quantitative estimate of drug-likeness (QED) is 0.880. The third kappa shape index (κ3) is 1.94. The van der Waals surface area contributed by atoms with E-state index in [0.717, 1.165) is 6.92 Å². The Labute approximate surface area is 95.6 Å². The van der Waals surface area contributed by atoms with Gasteiger partial charge < -0.3 is 4.74 Å². The highest BCUT2D eigenvalue weighted by atomic mass is 19.4. The number of benzene rings is 1. The second-order valence-corrected chi connectivity index (χ2v) is 3.78. The van der Waals surface area contributed by atoms with Crippen LogP contribution in [0.4, 0.5) is 13.2 Å². The molecule has 3 nitrogen and oxygen atoms in total. The summed E-state index contributed by atoms with van der Waals surface area (Å²) in [6, 6.07) is 2.99. The van der Waals surface area contributed by atoms with Crippen LogP contribution < -0.4 is 4.74 Å². The molecule has 17 heavy (non-hydrogen) atoms. The van der Waals surface area contributed by atoms with E-state index in [4.69, 9.17) is 4.74 Å². The van der Waals surface area contributed by atoms with E-state index >= 15 is 0 Å². The Morgan fingerprint density at radius 3 is 2.65 bits per heavy atom. The van der Waals surface area contributed by atoms with Crippen LogP contribution in [0, 0.1) is 0 Å². The average Bonchev–Trinajstić information content (AvgIpc) is 2.73. The Morgan fingerprint density at radius 1 is 1.35 bits per heavy atom. The van der Waals surface area contributed by atoms with Gasteiger partial charge in [-0.1, -0.05) is 6.07 Å². The minimum Gasteiger partial charge on any atom is -0.496 e. The van der Waals surface area contributed by atoms with Gasteiger partial charge in [-0.05, 0) is 13.0 Å². The molecule has 92 valence electrons. The van der Waals surface area contributed by atoms with Crippen molar-refractivity contribution in [3.8, 4) is 5.75 Å². The van der Waals surface area contributed by atoms with E-state index in [1.807, 2.05) is 0 Å². The van der Waals surface area contributed by atoms with E-state index in [1.165, 1.54) is 19.4 Å². The highest BCUT2D eigenvalue weighted by Crippen LogP contribution is 2.41. The normalized spacial score (nSPS) is 13.9. The van der Waals surface area contributed by atoms with Gasteiger partial charge in [0, 0.05) is 5.56 Å². The summed E-state index contributed by atoms with van der Waals surface area (Å²) in [5.41, 5.74) is 0.772. The van der Waals surface area contributed by atoms with Crippen LogP contribution in [0.3, 0.4) is 0 Å². The molecule has 1 atom stereocenters. The molecule has 0 bridgehead atoms. The first-order chi connectivity index (χ1) is 7.95. The first-order valence-corrected chi connectivity index (χ1v) is 5.02. The van der Waals surface area contributed by atoms with Crippen LogP contribution in [0.15, 0.2) is 18.3 Å². The van der Waals surface area contributed by atoms with Crippen molar-refractivity contribution in [3.05, 3.63) is 23.9 Å². The molecule has 1 N–H and O–H groups in total. The van der Waals surface area contributed by atoms with Gasteiger partial charge >= 0.3 is 6.18 Å². The maximum Gasteiger partial charge on any atom is 0.395 e. The summed E-state index contributed by atoms with van der Waals surface area (Å²) in [6.45, 7) is 1.11. The molecular weight excluding hydrogens is 233 g/mol. The van der Waals surface area contributed by atoms with Crippen LogP contribution in [0.5, 0.6) is 5.75 Å². The molecule has 0 saturated carbocycles. The molecule has 6 heteroatoms. The molecule has 0 radical (unpaired) electrons. The number of methoxy groups -OCH3 is 1. The molecule has 1 heterocycles. The van der Waals surface area contributed by atoms with Crippen LogP contribution in [0.25, 0.3) is 10.9 Å². The highest BCUT2D eigenvalue weighted by Gasteiger charge is 2.38. The van der Waals surface area contributed by atoms with Crippen molar-refractivity contribution in [1.29, 1.82) is 0 Å². The summed E-state index contributed by atoms with van der Waals surface area (Å²) in [5.74, 6) is -1.35. The van der Waals surface area contributed by atoms with Crippen LogP contribution in [0.2, 0.25) is 0 Å². The van der Waals surface area contributed by atoms with E-state index in [-0.39, 0.29) is 11.3 Å². The molecule has 1 aromatic carbocycles. The number of H-pyrrole nitrogens is 1. The molecule has 0 fully saturated rings. The summed E-state index contributed by atoms with van der Waals surface area (Å²) >= 11 is 0. The summed E-state index contributed by atoms with van der Waals surface area (Å²) < 4.78 is 43.2. The minimum absolute atomic E-state index is 0.119. The number of halogens is 3. The maximum absolute atomic E-state index is 12.7. The van der Waals surface area contributed by atoms with Crippen molar-refractivity contribution < 1.29 is 17.9 Å². The molecule has 0 spiro atoms.